The molecule has 1 heterocycles. The smallest absolute Gasteiger partial charge is 0.0897 e. The highest BCUT2D eigenvalue weighted by Gasteiger charge is 2.35. The van der Waals surface area contributed by atoms with Crippen LogP contribution < -0.4 is 0 Å². The normalized spacial score (nSPS) is 25.7. The van der Waals surface area contributed by atoms with Gasteiger partial charge in [0.05, 0.1) is 11.1 Å². The van der Waals surface area contributed by atoms with Crippen LogP contribution in [-0.2, 0) is 5.60 Å². The van der Waals surface area contributed by atoms with Gasteiger partial charge in [-0.05, 0) is 68.2 Å². The van der Waals surface area contributed by atoms with E-state index in [1.54, 1.807) is 0 Å². The van der Waals surface area contributed by atoms with Gasteiger partial charge in [-0.15, -0.1) is 0 Å². The molecule has 0 bridgehead atoms. The lowest BCUT2D eigenvalue weighted by molar-refractivity contribution is 0.0181. The Balaban J connectivity index is 1.97. The van der Waals surface area contributed by atoms with Gasteiger partial charge in [-0.2, -0.15) is 0 Å². The van der Waals surface area contributed by atoms with Gasteiger partial charge in [-0.1, -0.05) is 26.0 Å². The minimum atomic E-state index is -0.674. The summed E-state index contributed by atoms with van der Waals surface area (Å²) < 4.78 is 0. The molecule has 0 spiro atoms. The molecule has 1 aromatic heterocycles. The van der Waals surface area contributed by atoms with E-state index in [1.807, 2.05) is 19.1 Å². The quantitative estimate of drug-likeness (QED) is 0.768. The maximum atomic E-state index is 11.1. The number of fused-ring (bicyclic) bond motifs is 1. The molecule has 1 saturated carbocycles. The maximum absolute atomic E-state index is 11.1. The van der Waals surface area contributed by atoms with Crippen LogP contribution in [0.5, 0.6) is 0 Å². The Bertz CT molecular complexity index is 662. The molecule has 1 atom stereocenters. The largest absolute Gasteiger partial charge is 0.385 e. The lowest BCUT2D eigenvalue weighted by Crippen LogP contribution is -2.25. The molecule has 0 amide bonds. The molecule has 1 fully saturated rings. The molecule has 21 heavy (non-hydrogen) atoms. The standard InChI is InChI=1S/C19H25NO/c1-14-5-6-15-13-16(7-8-17(15)20-14)19(21)10-4-9-18(2,3)11-12-19/h5-8,13,21H,4,9-12H2,1-3H3. The summed E-state index contributed by atoms with van der Waals surface area (Å²) in [7, 11) is 0. The Morgan fingerprint density at radius 2 is 1.81 bits per heavy atom. The van der Waals surface area contributed by atoms with Crippen molar-refractivity contribution in [1.29, 1.82) is 0 Å². The predicted octanol–water partition coefficient (Wildman–Crippen LogP) is 4.72. The summed E-state index contributed by atoms with van der Waals surface area (Å²) in [6, 6.07) is 10.4. The molecule has 3 rings (SSSR count). The van der Waals surface area contributed by atoms with Crippen molar-refractivity contribution in [2.75, 3.05) is 0 Å². The number of hydrogen-bond donors (Lipinski definition) is 1. The molecular formula is C19H25NO. The molecule has 1 aliphatic rings. The zero-order chi connectivity index (χ0) is 15.1. The van der Waals surface area contributed by atoms with Crippen LogP contribution >= 0.6 is 0 Å². The third-order valence-electron chi connectivity index (χ3n) is 5.03. The SMILES string of the molecule is Cc1ccc2cc(C3(O)CCCC(C)(C)CC3)ccc2n1. The minimum absolute atomic E-state index is 0.347. The highest BCUT2D eigenvalue weighted by atomic mass is 16.3. The molecule has 2 heteroatoms. The molecule has 0 aliphatic heterocycles. The van der Waals surface area contributed by atoms with Crippen LogP contribution in [0.3, 0.4) is 0 Å². The summed E-state index contributed by atoms with van der Waals surface area (Å²) in [4.78, 5) is 4.54. The van der Waals surface area contributed by atoms with Gasteiger partial charge in [0.25, 0.3) is 0 Å². The Hall–Kier alpha value is -1.41. The molecule has 0 saturated heterocycles. The van der Waals surface area contributed by atoms with Gasteiger partial charge in [-0.3, -0.25) is 4.98 Å². The zero-order valence-corrected chi connectivity index (χ0v) is 13.3. The highest BCUT2D eigenvalue weighted by Crippen LogP contribution is 2.43. The van der Waals surface area contributed by atoms with E-state index in [9.17, 15) is 5.11 Å². The van der Waals surface area contributed by atoms with Crippen molar-refractivity contribution in [2.24, 2.45) is 5.41 Å². The van der Waals surface area contributed by atoms with Gasteiger partial charge in [0, 0.05) is 11.1 Å². The Morgan fingerprint density at radius 3 is 2.62 bits per heavy atom. The van der Waals surface area contributed by atoms with E-state index in [4.69, 9.17) is 0 Å². The number of nitrogens with zero attached hydrogens (tertiary/aromatic N) is 1. The minimum Gasteiger partial charge on any atom is -0.385 e. The second-order valence-electron chi connectivity index (χ2n) is 7.41. The summed E-state index contributed by atoms with van der Waals surface area (Å²) in [6.07, 6.45) is 5.08. The third-order valence-corrected chi connectivity index (χ3v) is 5.03. The molecule has 1 aliphatic carbocycles. The van der Waals surface area contributed by atoms with Crippen molar-refractivity contribution >= 4 is 10.9 Å². The van der Waals surface area contributed by atoms with E-state index in [2.05, 4.69) is 37.0 Å². The van der Waals surface area contributed by atoms with Crippen LogP contribution in [0.4, 0.5) is 0 Å². The number of rotatable bonds is 1. The lowest BCUT2D eigenvalue weighted by atomic mass is 9.82. The third kappa shape index (κ3) is 2.96. The van der Waals surface area contributed by atoms with Crippen LogP contribution in [-0.4, -0.2) is 10.1 Å². The Labute approximate surface area is 127 Å². The summed E-state index contributed by atoms with van der Waals surface area (Å²) in [5.41, 5.74) is 2.77. The van der Waals surface area contributed by atoms with Crippen LogP contribution in [0.25, 0.3) is 10.9 Å². The number of benzene rings is 1. The highest BCUT2D eigenvalue weighted by molar-refractivity contribution is 5.79. The van der Waals surface area contributed by atoms with Crippen molar-refractivity contribution in [3.63, 3.8) is 0 Å². The molecule has 1 unspecified atom stereocenters. The van der Waals surface area contributed by atoms with E-state index in [1.165, 1.54) is 6.42 Å². The number of aliphatic hydroxyl groups is 1. The van der Waals surface area contributed by atoms with Gasteiger partial charge in [0.1, 0.15) is 0 Å². The summed E-state index contributed by atoms with van der Waals surface area (Å²) in [5.74, 6) is 0. The molecule has 2 aromatic rings. The number of hydrogen-bond acceptors (Lipinski definition) is 2. The number of pyridine rings is 1. The number of aromatic nitrogens is 1. The first-order valence-electron chi connectivity index (χ1n) is 7.98. The van der Waals surface area contributed by atoms with Gasteiger partial charge in [0.2, 0.25) is 0 Å². The fourth-order valence-electron chi connectivity index (χ4n) is 3.46. The predicted molar refractivity (Wildman–Crippen MR) is 87.2 cm³/mol. The second-order valence-corrected chi connectivity index (χ2v) is 7.41. The first kappa shape index (κ1) is 14.5. The molecular weight excluding hydrogens is 258 g/mol. The monoisotopic (exact) mass is 283 g/mol. The molecule has 112 valence electrons. The van der Waals surface area contributed by atoms with Crippen LogP contribution in [0.1, 0.15) is 57.2 Å². The van der Waals surface area contributed by atoms with E-state index in [0.717, 1.165) is 47.8 Å². The summed E-state index contributed by atoms with van der Waals surface area (Å²) in [5, 5.41) is 12.3. The van der Waals surface area contributed by atoms with Crippen LogP contribution in [0.2, 0.25) is 0 Å². The van der Waals surface area contributed by atoms with Crippen molar-refractivity contribution in [3.8, 4) is 0 Å². The fourth-order valence-corrected chi connectivity index (χ4v) is 3.46. The molecule has 1 N–H and O–H groups in total. The molecule has 0 radical (unpaired) electrons. The van der Waals surface area contributed by atoms with E-state index < -0.39 is 5.60 Å². The summed E-state index contributed by atoms with van der Waals surface area (Å²) in [6.45, 7) is 6.63. The molecule has 1 aromatic carbocycles. The van der Waals surface area contributed by atoms with Gasteiger partial charge < -0.3 is 5.11 Å². The number of aryl methyl sites for hydroxylation is 1. The summed E-state index contributed by atoms with van der Waals surface area (Å²) >= 11 is 0. The first-order valence-corrected chi connectivity index (χ1v) is 7.98. The zero-order valence-electron chi connectivity index (χ0n) is 13.3. The average Bonchev–Trinajstić information content (AvgIpc) is 2.58. The first-order chi connectivity index (χ1) is 9.88. The van der Waals surface area contributed by atoms with E-state index in [0.29, 0.717) is 5.41 Å². The Morgan fingerprint density at radius 1 is 1.00 bits per heavy atom. The Kier molecular flexibility index (Phi) is 3.53. The van der Waals surface area contributed by atoms with Crippen molar-refractivity contribution in [2.45, 2.75) is 58.5 Å². The fraction of sp³-hybridized carbons (Fsp3) is 0.526. The van der Waals surface area contributed by atoms with Gasteiger partial charge in [-0.25, -0.2) is 0 Å². The lowest BCUT2D eigenvalue weighted by Gasteiger charge is -2.28. The van der Waals surface area contributed by atoms with Crippen LogP contribution in [0.15, 0.2) is 30.3 Å². The van der Waals surface area contributed by atoms with Crippen LogP contribution in [0, 0.1) is 12.3 Å². The average molecular weight is 283 g/mol. The van der Waals surface area contributed by atoms with E-state index in [-0.39, 0.29) is 0 Å². The van der Waals surface area contributed by atoms with Crippen molar-refractivity contribution in [1.82, 2.24) is 4.98 Å². The topological polar surface area (TPSA) is 33.1 Å². The second kappa shape index (κ2) is 5.10. The maximum Gasteiger partial charge on any atom is 0.0897 e. The van der Waals surface area contributed by atoms with Crippen molar-refractivity contribution < 1.29 is 5.11 Å². The van der Waals surface area contributed by atoms with Crippen molar-refractivity contribution in [3.05, 3.63) is 41.6 Å². The van der Waals surface area contributed by atoms with Gasteiger partial charge in [0.15, 0.2) is 0 Å². The van der Waals surface area contributed by atoms with E-state index >= 15 is 0 Å². The van der Waals surface area contributed by atoms with Gasteiger partial charge >= 0.3 is 0 Å². The molecule has 2 nitrogen and oxygen atoms in total.